The number of carbonyl (C=O) groups is 1. The number of hydrogen-bond donors (Lipinski definition) is 0. The van der Waals surface area contributed by atoms with Gasteiger partial charge in [0.2, 0.25) is 0 Å². The number of benzene rings is 1. The Labute approximate surface area is 142 Å². The second kappa shape index (κ2) is 6.24. The van der Waals surface area contributed by atoms with Crippen molar-refractivity contribution in [3.05, 3.63) is 35.6 Å². The fourth-order valence-electron chi connectivity index (χ4n) is 3.61. The molecular formula is C18H23NO4S. The topological polar surface area (TPSA) is 67.6 Å². The molecule has 5 nitrogen and oxygen atoms in total. The zero-order valence-corrected chi connectivity index (χ0v) is 15.1. The van der Waals surface area contributed by atoms with Crippen molar-refractivity contribution in [2.75, 3.05) is 13.3 Å². The Hall–Kier alpha value is -1.82. The molecule has 1 heterocycles. The van der Waals surface area contributed by atoms with E-state index in [1.165, 1.54) is 6.26 Å². The molecule has 0 saturated heterocycles. The molecule has 1 aromatic carbocycles. The molecule has 2 atom stereocenters. The third-order valence-corrected chi connectivity index (χ3v) is 6.57. The van der Waals surface area contributed by atoms with Crippen molar-refractivity contribution >= 4 is 26.7 Å². The lowest BCUT2D eigenvalue weighted by molar-refractivity contribution is 0.0670. The lowest BCUT2D eigenvalue weighted by atomic mass is 9.93. The minimum absolute atomic E-state index is 0.260. The van der Waals surface area contributed by atoms with Crippen LogP contribution < -0.4 is 0 Å². The van der Waals surface area contributed by atoms with E-state index in [1.807, 2.05) is 25.1 Å². The van der Waals surface area contributed by atoms with Gasteiger partial charge < -0.3 is 9.32 Å². The Morgan fingerprint density at radius 1 is 1.21 bits per heavy atom. The van der Waals surface area contributed by atoms with Gasteiger partial charge in [0.05, 0.1) is 5.25 Å². The van der Waals surface area contributed by atoms with E-state index in [4.69, 9.17) is 4.42 Å². The quantitative estimate of drug-likeness (QED) is 0.853. The van der Waals surface area contributed by atoms with E-state index in [2.05, 4.69) is 0 Å². The van der Waals surface area contributed by atoms with E-state index >= 15 is 0 Å². The first-order valence-corrected chi connectivity index (χ1v) is 10.2. The van der Waals surface area contributed by atoms with Gasteiger partial charge >= 0.3 is 0 Å². The van der Waals surface area contributed by atoms with Crippen LogP contribution in [0.25, 0.3) is 11.0 Å². The standard InChI is InChI=1S/C18H23NO4S/c1-12-8-9-15-13(10-12)11-16(23-15)18(20)19(2)14-6-4-5-7-17(14)24(3,21)22/h8-11,14,17H,4-7H2,1-3H3/t14-,17+/m0/s1. The number of rotatable bonds is 3. The molecular weight excluding hydrogens is 326 g/mol. The molecule has 24 heavy (non-hydrogen) atoms. The van der Waals surface area contributed by atoms with Crippen LogP contribution >= 0.6 is 0 Å². The van der Waals surface area contributed by atoms with Crippen molar-refractivity contribution in [1.82, 2.24) is 4.90 Å². The highest BCUT2D eigenvalue weighted by molar-refractivity contribution is 7.91. The SMILES string of the molecule is Cc1ccc2oc(C(=O)N(C)[C@H]3CCCC[C@H]3S(C)(=O)=O)cc2c1. The van der Waals surface area contributed by atoms with E-state index in [0.29, 0.717) is 18.4 Å². The second-order valence-corrected chi connectivity index (χ2v) is 9.05. The summed E-state index contributed by atoms with van der Waals surface area (Å²) < 4.78 is 29.8. The Morgan fingerprint density at radius 3 is 2.62 bits per heavy atom. The van der Waals surface area contributed by atoms with E-state index < -0.39 is 15.1 Å². The van der Waals surface area contributed by atoms with Crippen LogP contribution in [0.2, 0.25) is 0 Å². The fraction of sp³-hybridized carbons (Fsp3) is 0.500. The maximum Gasteiger partial charge on any atom is 0.289 e. The predicted molar refractivity (Wildman–Crippen MR) is 93.9 cm³/mol. The summed E-state index contributed by atoms with van der Waals surface area (Å²) in [7, 11) is -1.51. The monoisotopic (exact) mass is 349 g/mol. The highest BCUT2D eigenvalue weighted by Crippen LogP contribution is 2.29. The smallest absolute Gasteiger partial charge is 0.289 e. The first-order chi connectivity index (χ1) is 11.3. The lowest BCUT2D eigenvalue weighted by Gasteiger charge is -2.36. The predicted octanol–water partition coefficient (Wildman–Crippen LogP) is 3.17. The number of furan rings is 1. The number of fused-ring (bicyclic) bond motifs is 1. The number of amides is 1. The van der Waals surface area contributed by atoms with E-state index in [0.717, 1.165) is 23.8 Å². The van der Waals surface area contributed by atoms with Gasteiger partial charge in [0.25, 0.3) is 5.91 Å². The molecule has 1 fully saturated rings. The largest absolute Gasteiger partial charge is 0.451 e. The lowest BCUT2D eigenvalue weighted by Crippen LogP contribution is -2.49. The minimum atomic E-state index is -3.19. The van der Waals surface area contributed by atoms with Crippen LogP contribution in [0.5, 0.6) is 0 Å². The maximum atomic E-state index is 12.8. The maximum absolute atomic E-state index is 12.8. The Kier molecular flexibility index (Phi) is 4.42. The summed E-state index contributed by atoms with van der Waals surface area (Å²) in [5.74, 6) is 0.000303. The average Bonchev–Trinajstić information content (AvgIpc) is 2.95. The third kappa shape index (κ3) is 3.20. The number of aryl methyl sites for hydroxylation is 1. The second-order valence-electron chi connectivity index (χ2n) is 6.79. The fourth-order valence-corrected chi connectivity index (χ4v) is 5.10. The van der Waals surface area contributed by atoms with Gasteiger partial charge in [-0.05, 0) is 38.0 Å². The van der Waals surface area contributed by atoms with Crippen molar-refractivity contribution < 1.29 is 17.6 Å². The van der Waals surface area contributed by atoms with Crippen LogP contribution in [0.1, 0.15) is 41.8 Å². The molecule has 0 unspecified atom stereocenters. The molecule has 1 aliphatic rings. The average molecular weight is 349 g/mol. The summed E-state index contributed by atoms with van der Waals surface area (Å²) in [5.41, 5.74) is 1.76. The summed E-state index contributed by atoms with van der Waals surface area (Å²) in [6, 6.07) is 7.19. The van der Waals surface area contributed by atoms with Crippen LogP contribution in [0.3, 0.4) is 0 Å². The third-order valence-electron chi connectivity index (χ3n) is 4.92. The van der Waals surface area contributed by atoms with Gasteiger partial charge in [0.15, 0.2) is 15.6 Å². The van der Waals surface area contributed by atoms with E-state index in [9.17, 15) is 13.2 Å². The normalized spacial score (nSPS) is 21.8. The number of hydrogen-bond acceptors (Lipinski definition) is 4. The van der Waals surface area contributed by atoms with Gasteiger partial charge in [0, 0.05) is 24.7 Å². The van der Waals surface area contributed by atoms with Gasteiger partial charge in [-0.3, -0.25) is 4.79 Å². The number of carbonyl (C=O) groups excluding carboxylic acids is 1. The summed E-state index contributed by atoms with van der Waals surface area (Å²) in [6.07, 6.45) is 4.41. The summed E-state index contributed by atoms with van der Waals surface area (Å²) in [6.45, 7) is 1.98. The Morgan fingerprint density at radius 2 is 1.92 bits per heavy atom. The number of nitrogens with zero attached hydrogens (tertiary/aromatic N) is 1. The van der Waals surface area contributed by atoms with Crippen molar-refractivity contribution in [3.8, 4) is 0 Å². The van der Waals surface area contributed by atoms with Crippen molar-refractivity contribution in [1.29, 1.82) is 0 Å². The number of sulfone groups is 1. The van der Waals surface area contributed by atoms with Crippen LogP contribution in [0.4, 0.5) is 0 Å². The Balaban J connectivity index is 1.89. The van der Waals surface area contributed by atoms with Gasteiger partial charge in [0.1, 0.15) is 5.58 Å². The molecule has 0 radical (unpaired) electrons. The molecule has 0 bridgehead atoms. The zero-order chi connectivity index (χ0) is 17.5. The molecule has 1 saturated carbocycles. The van der Waals surface area contributed by atoms with Crippen molar-refractivity contribution in [2.24, 2.45) is 0 Å². The first kappa shape index (κ1) is 17.0. The summed E-state index contributed by atoms with van der Waals surface area (Å²) in [4.78, 5) is 14.4. The minimum Gasteiger partial charge on any atom is -0.451 e. The van der Waals surface area contributed by atoms with Crippen molar-refractivity contribution in [3.63, 3.8) is 0 Å². The molecule has 3 rings (SSSR count). The first-order valence-electron chi connectivity index (χ1n) is 8.23. The molecule has 1 amide bonds. The highest BCUT2D eigenvalue weighted by atomic mass is 32.2. The van der Waals surface area contributed by atoms with Gasteiger partial charge in [-0.15, -0.1) is 0 Å². The van der Waals surface area contributed by atoms with E-state index in [-0.39, 0.29) is 17.7 Å². The Bertz CT molecular complexity index is 868. The van der Waals surface area contributed by atoms with Crippen molar-refractivity contribution in [2.45, 2.75) is 43.9 Å². The molecule has 1 aromatic heterocycles. The van der Waals surface area contributed by atoms with Gasteiger partial charge in [-0.25, -0.2) is 8.42 Å². The zero-order valence-electron chi connectivity index (χ0n) is 14.3. The van der Waals surface area contributed by atoms with Gasteiger partial charge in [-0.1, -0.05) is 24.5 Å². The van der Waals surface area contributed by atoms with Crippen LogP contribution in [0.15, 0.2) is 28.7 Å². The van der Waals surface area contributed by atoms with Crippen LogP contribution in [0, 0.1) is 6.92 Å². The van der Waals surface area contributed by atoms with Crippen LogP contribution in [-0.2, 0) is 9.84 Å². The molecule has 6 heteroatoms. The highest BCUT2D eigenvalue weighted by Gasteiger charge is 2.37. The molecule has 0 spiro atoms. The molecule has 0 N–H and O–H groups in total. The van der Waals surface area contributed by atoms with Gasteiger partial charge in [-0.2, -0.15) is 0 Å². The van der Waals surface area contributed by atoms with Crippen LogP contribution in [-0.4, -0.2) is 43.8 Å². The summed E-state index contributed by atoms with van der Waals surface area (Å²) >= 11 is 0. The molecule has 2 aromatic rings. The molecule has 130 valence electrons. The molecule has 0 aliphatic heterocycles. The summed E-state index contributed by atoms with van der Waals surface area (Å²) in [5, 5.41) is 0.391. The molecule has 1 aliphatic carbocycles. The van der Waals surface area contributed by atoms with E-state index in [1.54, 1.807) is 18.0 Å².